The minimum absolute atomic E-state index is 0.00397. The van der Waals surface area contributed by atoms with Gasteiger partial charge in [0.25, 0.3) is 35.4 Å². The summed E-state index contributed by atoms with van der Waals surface area (Å²) in [5, 5.41) is 24.5. The van der Waals surface area contributed by atoms with Gasteiger partial charge in [0.05, 0.1) is 44.4 Å². The van der Waals surface area contributed by atoms with Crippen molar-refractivity contribution < 1.29 is 91.0 Å². The number of benzene rings is 6. The number of hydrogen-bond acceptors (Lipinski definition) is 21. The molecule has 1 aliphatic heterocycles. The number of aromatic nitrogens is 8. The molecule has 1 atom stereocenters. The number of likely N-dealkylation sites (tertiary alicyclic amines) is 1. The molecule has 0 saturated carbocycles. The maximum absolute atomic E-state index is 13.2. The van der Waals surface area contributed by atoms with E-state index >= 15 is 0 Å². The summed E-state index contributed by atoms with van der Waals surface area (Å²) in [5.41, 5.74) is 0.818. The molecule has 1 aliphatic rings. The maximum atomic E-state index is 13.2. The zero-order valence-corrected chi connectivity index (χ0v) is 68.6. The summed E-state index contributed by atoms with van der Waals surface area (Å²) in [7, 11) is 0. The highest BCUT2D eigenvalue weighted by Crippen LogP contribution is 2.38. The van der Waals surface area contributed by atoms with Gasteiger partial charge in [0.2, 0.25) is 0 Å². The zero-order valence-electron chi connectivity index (χ0n) is 63.1. The number of nitrogens with one attached hydrogen (secondary N) is 6. The Morgan fingerprint density at radius 1 is 0.418 bits per heavy atom. The third kappa shape index (κ3) is 26.1. The molecule has 0 spiro atoms. The molecule has 0 bridgehead atoms. The number of alkyl halides is 12. The number of Topliss-reactive ketones (excluding diaryl/α,β-unsaturated/α-hetero) is 2. The zero-order chi connectivity index (χ0) is 88.4. The molecule has 7 heterocycles. The number of carbonyl (C=O) groups is 8. The number of ketones is 2. The Kier molecular flexibility index (Phi) is 30.8. The fourth-order valence-electron chi connectivity index (χ4n) is 11.5. The molecule has 12 aromatic rings. The van der Waals surface area contributed by atoms with Crippen LogP contribution in [0.25, 0.3) is 0 Å². The van der Waals surface area contributed by atoms with Gasteiger partial charge in [0.15, 0.2) is 34.3 Å². The smallest absolute Gasteiger partial charge is 0.321 e. The summed E-state index contributed by atoms with van der Waals surface area (Å²) in [6.07, 6.45) is -12.8. The minimum Gasteiger partial charge on any atom is -0.321 e. The Morgan fingerprint density at radius 2 is 0.844 bits per heavy atom. The largest absolute Gasteiger partial charge is 0.417 e. The predicted octanol–water partition coefficient (Wildman–Crippen LogP) is 21.0. The highest BCUT2D eigenvalue weighted by Gasteiger charge is 2.37. The lowest BCUT2D eigenvalue weighted by Crippen LogP contribution is -2.27. The maximum Gasteiger partial charge on any atom is 0.417 e. The van der Waals surface area contributed by atoms with Crippen LogP contribution in [0.15, 0.2) is 194 Å². The van der Waals surface area contributed by atoms with Crippen molar-refractivity contribution in [2.45, 2.75) is 82.5 Å². The molecule has 6 aromatic carbocycles. The van der Waals surface area contributed by atoms with Gasteiger partial charge in [-0.2, -0.15) is 52.7 Å². The number of pyridine rings is 2. The molecule has 634 valence electrons. The van der Waals surface area contributed by atoms with Crippen LogP contribution >= 0.6 is 80.5 Å². The van der Waals surface area contributed by atoms with Crippen molar-refractivity contribution in [3.63, 3.8) is 0 Å². The first-order chi connectivity index (χ1) is 57.6. The van der Waals surface area contributed by atoms with E-state index in [0.29, 0.717) is 62.4 Å². The van der Waals surface area contributed by atoms with Crippen molar-refractivity contribution in [3.05, 3.63) is 293 Å². The van der Waals surface area contributed by atoms with Crippen molar-refractivity contribution in [3.8, 4) is 0 Å². The SMILES string of the molecule is Cc1cccc(C(C)(C)CC(=O)c2nnsc2NC(=O)c2cccc(Cl)c2)c1.O=C(Nc1scnc1C(=O)Nc1ccc(Cl)cc1)c1cncc(C(F)(F)F)c1.O=C(Nc1scnc1C(=O)Nc1cccc(C(F)(F)F)c1)c1cncc(C(F)(F)F)c1.O=C(Nc1snnc1C(=O)C[C@@H](CN1CCCC1)c1ccc(Cl)cc1)c1cccc(C(F)(F)F)c1. The number of hydrogen-bond donors (Lipinski definition) is 6. The number of carbonyl (C=O) groups excluding carboxylic acids is 8. The molecule has 23 nitrogen and oxygen atoms in total. The molecule has 6 amide bonds. The topological polar surface area (TPSA) is 315 Å². The van der Waals surface area contributed by atoms with Gasteiger partial charge in [0, 0.05) is 111 Å². The van der Waals surface area contributed by atoms with Crippen molar-refractivity contribution in [1.82, 2.24) is 44.0 Å². The lowest BCUT2D eigenvalue weighted by molar-refractivity contribution is -0.138. The average Bonchev–Trinajstić information content (AvgIpc) is 1.45. The average molecular weight is 1820 g/mol. The Morgan fingerprint density at radius 3 is 1.34 bits per heavy atom. The number of anilines is 6. The first-order valence-electron chi connectivity index (χ1n) is 35.6. The lowest BCUT2D eigenvalue weighted by Gasteiger charge is -2.24. The second-order valence-corrected chi connectivity index (χ2v) is 31.5. The van der Waals surface area contributed by atoms with Crippen LogP contribution in [0.1, 0.15) is 168 Å². The summed E-state index contributed by atoms with van der Waals surface area (Å²) in [4.78, 5) is 117. The normalized spacial score (nSPS) is 12.5. The van der Waals surface area contributed by atoms with Crippen LogP contribution in [0.3, 0.4) is 0 Å². The first-order valence-corrected chi connectivity index (χ1v) is 40.0. The monoisotopic (exact) mass is 1820 g/mol. The van der Waals surface area contributed by atoms with Gasteiger partial charge >= 0.3 is 24.7 Å². The molecule has 42 heteroatoms. The van der Waals surface area contributed by atoms with Gasteiger partial charge in [-0.1, -0.05) is 118 Å². The van der Waals surface area contributed by atoms with Gasteiger partial charge in [-0.3, -0.25) is 48.3 Å². The van der Waals surface area contributed by atoms with Crippen molar-refractivity contribution >= 4 is 159 Å². The summed E-state index contributed by atoms with van der Waals surface area (Å²) >= 11 is 21.3. The van der Waals surface area contributed by atoms with Crippen LogP contribution in [0.4, 0.5) is 84.1 Å². The van der Waals surface area contributed by atoms with E-state index in [2.05, 4.69) is 82.0 Å². The van der Waals surface area contributed by atoms with Gasteiger partial charge in [0.1, 0.15) is 20.0 Å². The summed E-state index contributed by atoms with van der Waals surface area (Å²) < 4.78 is 162. The molecule has 122 heavy (non-hydrogen) atoms. The minimum atomic E-state index is -4.70. The Balaban J connectivity index is 0.000000171. The quantitative estimate of drug-likeness (QED) is 0.0271. The number of halogens is 15. The Hall–Kier alpha value is -11.9. The summed E-state index contributed by atoms with van der Waals surface area (Å²) in [6.45, 7) is 8.68. The van der Waals surface area contributed by atoms with Crippen LogP contribution in [0.5, 0.6) is 0 Å². The van der Waals surface area contributed by atoms with E-state index in [4.69, 9.17) is 34.8 Å². The molecule has 1 saturated heterocycles. The molecule has 0 unspecified atom stereocenters. The van der Waals surface area contributed by atoms with Crippen LogP contribution < -0.4 is 31.9 Å². The van der Waals surface area contributed by atoms with E-state index in [0.717, 1.165) is 137 Å². The van der Waals surface area contributed by atoms with Crippen LogP contribution in [0, 0.1) is 6.92 Å². The van der Waals surface area contributed by atoms with Gasteiger partial charge in [-0.05, 0) is 153 Å². The molecular formula is C80H62Cl3F12N15O8S4. The van der Waals surface area contributed by atoms with Gasteiger partial charge < -0.3 is 36.8 Å². The second kappa shape index (κ2) is 40.7. The summed E-state index contributed by atoms with van der Waals surface area (Å²) in [5.74, 6) is -5.06. The second-order valence-electron chi connectivity index (χ2n) is 27.0. The van der Waals surface area contributed by atoms with Crippen LogP contribution in [-0.4, -0.2) is 111 Å². The fraction of sp³-hybridized carbons (Fsp3) is 0.200. The van der Waals surface area contributed by atoms with E-state index in [1.165, 1.54) is 23.2 Å². The van der Waals surface area contributed by atoms with Gasteiger partial charge in [-0.15, -0.1) is 32.9 Å². The van der Waals surface area contributed by atoms with Crippen molar-refractivity contribution in [2.75, 3.05) is 51.5 Å². The van der Waals surface area contributed by atoms with Crippen LogP contribution in [-0.2, 0) is 30.1 Å². The van der Waals surface area contributed by atoms with E-state index in [1.807, 2.05) is 51.1 Å². The Bertz CT molecular complexity index is 5770. The number of rotatable bonds is 22. The third-order valence-electron chi connectivity index (χ3n) is 17.6. The van der Waals surface area contributed by atoms with Gasteiger partial charge in [-0.25, -0.2) is 9.97 Å². The van der Waals surface area contributed by atoms with E-state index in [1.54, 1.807) is 60.7 Å². The Labute approximate surface area is 716 Å². The highest BCUT2D eigenvalue weighted by molar-refractivity contribution is 7.15. The van der Waals surface area contributed by atoms with Crippen LogP contribution in [0.2, 0.25) is 15.1 Å². The predicted molar refractivity (Wildman–Crippen MR) is 438 cm³/mol. The fourth-order valence-corrected chi connectivity index (χ4v) is 14.4. The third-order valence-corrected chi connectivity index (χ3v) is 21.1. The lowest BCUT2D eigenvalue weighted by atomic mass is 9.79. The summed E-state index contributed by atoms with van der Waals surface area (Å²) in [6, 6.07) is 37.6. The molecule has 6 aromatic heterocycles. The number of aryl methyl sites for hydroxylation is 1. The molecular weight excluding hydrogens is 1760 g/mol. The van der Waals surface area contributed by atoms with Crippen molar-refractivity contribution in [2.24, 2.45) is 0 Å². The first kappa shape index (κ1) is 92.4. The number of thiazole rings is 2. The standard InChI is InChI=1S/C24H22ClF3N4O2S.C21H20ClN3O2S.C18H10F6N4O2S.C17H10ClF3N4O2S/c25-19-8-6-15(7-9-19)17(14-32-10-1-2-11-32)13-20(33)21-23(35-31-30-21)29-22(34)16-4-3-5-18(12-16)24(26,27)28;1-13-6-4-8-15(10-13)21(2,3)12-17(26)18-20(28-25-24-18)23-19(27)14-7-5-9-16(22)11-14;19-17(20,21)10-2-1-3-12(5-10)27-15(30)13-16(31-8-26-13)28-14(29)9-4-11(7-25-6-9)18(22,23)24;18-11-1-3-12(4-2-11)24-15(27)13-16(28-8-23-13)25-14(26)9-5-10(7-22-6-9)17(19,20)21/h3-9,12,17H,1-2,10-11,13-14H2,(H,29,34);4-11H,12H2,1-3H3,(H,23,27);1-8H,(H,27,30)(H,28,29);1-8H,(H,24,27)(H,25,26)/t17-;;;/m0.../s1. The van der Waals surface area contributed by atoms with E-state index < -0.39 is 82.1 Å². The molecule has 6 N–H and O–H groups in total. The molecule has 0 radical (unpaired) electrons. The van der Waals surface area contributed by atoms with E-state index in [9.17, 15) is 91.0 Å². The molecule has 13 rings (SSSR count). The van der Waals surface area contributed by atoms with Crippen molar-refractivity contribution in [1.29, 1.82) is 0 Å². The number of amides is 6. The molecule has 1 fully saturated rings. The molecule has 0 aliphatic carbocycles. The number of nitrogens with zero attached hydrogens (tertiary/aromatic N) is 9. The van der Waals surface area contributed by atoms with E-state index in [-0.39, 0.29) is 96.2 Å². The highest BCUT2D eigenvalue weighted by atomic mass is 35.5.